The fourth-order valence-corrected chi connectivity index (χ4v) is 2.12. The molecule has 2 nitrogen and oxygen atoms in total. The maximum atomic E-state index is 8.88. The van der Waals surface area contributed by atoms with E-state index in [9.17, 15) is 0 Å². The van der Waals surface area contributed by atoms with Gasteiger partial charge in [-0.2, -0.15) is 5.26 Å². The first-order chi connectivity index (χ1) is 6.98. The van der Waals surface area contributed by atoms with Crippen LogP contribution in [-0.2, 0) is 5.41 Å². The predicted octanol–water partition coefficient (Wildman–Crippen LogP) is 2.80. The van der Waals surface area contributed by atoms with Crippen LogP contribution in [0.25, 0.3) is 0 Å². The van der Waals surface area contributed by atoms with Crippen molar-refractivity contribution in [2.75, 3.05) is 11.9 Å². The van der Waals surface area contributed by atoms with Crippen molar-refractivity contribution in [1.29, 1.82) is 5.26 Å². The first-order valence-corrected chi connectivity index (χ1v) is 4.96. The third-order valence-corrected chi connectivity index (χ3v) is 3.29. The van der Waals surface area contributed by atoms with Gasteiger partial charge >= 0.3 is 0 Å². The quantitative estimate of drug-likeness (QED) is 0.641. The second-order valence-corrected chi connectivity index (χ2v) is 4.47. The van der Waals surface area contributed by atoms with Crippen LogP contribution in [0.4, 0.5) is 5.69 Å². The Morgan fingerprint density at radius 3 is 2.67 bits per heavy atom. The normalized spacial score (nSPS) is 17.5. The van der Waals surface area contributed by atoms with E-state index in [0.29, 0.717) is 5.56 Å². The molecule has 0 N–H and O–H groups in total. The maximum absolute atomic E-state index is 8.88. The first-order valence-electron chi connectivity index (χ1n) is 4.96. The minimum Gasteiger partial charge on any atom is -0.348 e. The van der Waals surface area contributed by atoms with Crippen molar-refractivity contribution in [3.8, 4) is 6.07 Å². The van der Waals surface area contributed by atoms with Gasteiger partial charge in [0.1, 0.15) is 0 Å². The largest absolute Gasteiger partial charge is 0.348 e. The number of rotatable bonds is 0. The van der Waals surface area contributed by atoms with E-state index in [1.165, 1.54) is 5.56 Å². The highest BCUT2D eigenvalue weighted by molar-refractivity contribution is 5.70. The third kappa shape index (κ3) is 1.16. The number of allylic oxidation sites excluding steroid dienone is 1. The van der Waals surface area contributed by atoms with E-state index < -0.39 is 0 Å². The van der Waals surface area contributed by atoms with E-state index in [4.69, 9.17) is 5.26 Å². The Morgan fingerprint density at radius 2 is 2.07 bits per heavy atom. The molecule has 2 heteroatoms. The fraction of sp³-hybridized carbons (Fsp3) is 0.308. The number of fused-ring (bicyclic) bond motifs is 1. The van der Waals surface area contributed by atoms with Crippen molar-refractivity contribution in [2.45, 2.75) is 19.3 Å². The lowest BCUT2D eigenvalue weighted by Gasteiger charge is -2.22. The smallest absolute Gasteiger partial charge is 0.0991 e. The van der Waals surface area contributed by atoms with E-state index >= 15 is 0 Å². The molecule has 0 aromatic heterocycles. The summed E-state index contributed by atoms with van der Waals surface area (Å²) in [6, 6.07) is 7.98. The summed E-state index contributed by atoms with van der Waals surface area (Å²) in [4.78, 5) is 2.09. The van der Waals surface area contributed by atoms with Gasteiger partial charge in [0, 0.05) is 23.8 Å². The molecule has 0 unspecified atom stereocenters. The third-order valence-electron chi connectivity index (χ3n) is 3.29. The van der Waals surface area contributed by atoms with Crippen molar-refractivity contribution in [2.24, 2.45) is 0 Å². The molecule has 1 aliphatic rings. The lowest BCUT2D eigenvalue weighted by atomic mass is 9.84. The van der Waals surface area contributed by atoms with Gasteiger partial charge in [-0.05, 0) is 23.8 Å². The van der Waals surface area contributed by atoms with Gasteiger partial charge in [-0.3, -0.25) is 0 Å². The van der Waals surface area contributed by atoms with Crippen LogP contribution in [0, 0.1) is 11.3 Å². The summed E-state index contributed by atoms with van der Waals surface area (Å²) in [5.41, 5.74) is 4.06. The fourth-order valence-electron chi connectivity index (χ4n) is 2.12. The topological polar surface area (TPSA) is 27.0 Å². The summed E-state index contributed by atoms with van der Waals surface area (Å²) < 4.78 is 0. The Balaban J connectivity index is 2.69. The number of hydrogen-bond donors (Lipinski definition) is 0. The molecule has 1 aromatic carbocycles. The number of hydrogen-bond acceptors (Lipinski definition) is 2. The van der Waals surface area contributed by atoms with Crippen molar-refractivity contribution < 1.29 is 0 Å². The minimum atomic E-state index is -0.0725. The number of nitriles is 1. The summed E-state index contributed by atoms with van der Waals surface area (Å²) in [7, 11) is 2.02. The average Bonchev–Trinajstić information content (AvgIpc) is 2.40. The molecule has 0 amide bonds. The molecule has 76 valence electrons. The summed E-state index contributed by atoms with van der Waals surface area (Å²) in [5.74, 6) is 0. The van der Waals surface area contributed by atoms with E-state index in [1.54, 1.807) is 0 Å². The number of anilines is 1. The minimum absolute atomic E-state index is 0.0725. The molecular weight excluding hydrogens is 184 g/mol. The SMILES string of the molecule is C=C1N(C)c2ccc(C#N)cc2C1(C)C. The van der Waals surface area contributed by atoms with Crippen molar-refractivity contribution >= 4 is 5.69 Å². The van der Waals surface area contributed by atoms with Crippen LogP contribution in [0.15, 0.2) is 30.5 Å². The van der Waals surface area contributed by atoms with Gasteiger partial charge in [-0.1, -0.05) is 20.4 Å². The number of likely N-dealkylation sites (N-methyl/N-ethyl adjacent to an activating group) is 1. The summed E-state index contributed by atoms with van der Waals surface area (Å²) >= 11 is 0. The monoisotopic (exact) mass is 198 g/mol. The second-order valence-electron chi connectivity index (χ2n) is 4.47. The van der Waals surface area contributed by atoms with Gasteiger partial charge in [-0.25, -0.2) is 0 Å². The Labute approximate surface area is 90.4 Å². The molecule has 1 heterocycles. The van der Waals surface area contributed by atoms with Gasteiger partial charge in [0.05, 0.1) is 11.6 Å². The van der Waals surface area contributed by atoms with Gasteiger partial charge < -0.3 is 4.90 Å². The van der Waals surface area contributed by atoms with Crippen LogP contribution in [0.3, 0.4) is 0 Å². The van der Waals surface area contributed by atoms with Crippen LogP contribution < -0.4 is 4.90 Å². The maximum Gasteiger partial charge on any atom is 0.0991 e. The molecule has 0 spiro atoms. The predicted molar refractivity (Wildman–Crippen MR) is 61.7 cm³/mol. The van der Waals surface area contributed by atoms with Gasteiger partial charge in [-0.15, -0.1) is 0 Å². The standard InChI is InChI=1S/C13H14N2/c1-9-13(2,3)11-7-10(8-14)5-6-12(11)15(9)4/h5-7H,1H2,2-4H3. The zero-order valence-corrected chi connectivity index (χ0v) is 9.33. The lowest BCUT2D eigenvalue weighted by molar-refractivity contribution is 0.643. The zero-order valence-electron chi connectivity index (χ0n) is 9.33. The van der Waals surface area contributed by atoms with Crippen LogP contribution >= 0.6 is 0 Å². The summed E-state index contributed by atoms with van der Waals surface area (Å²) in [6.07, 6.45) is 0. The number of nitrogens with zero attached hydrogens (tertiary/aromatic N) is 2. The molecule has 1 aliphatic heterocycles. The molecule has 0 bridgehead atoms. The molecule has 2 rings (SSSR count). The van der Waals surface area contributed by atoms with Crippen LogP contribution in [0.1, 0.15) is 25.0 Å². The highest BCUT2D eigenvalue weighted by Crippen LogP contribution is 2.46. The Bertz CT molecular complexity index is 478. The molecule has 1 aromatic rings. The summed E-state index contributed by atoms with van der Waals surface area (Å²) in [5, 5.41) is 8.88. The van der Waals surface area contributed by atoms with Gasteiger partial charge in [0.15, 0.2) is 0 Å². The Hall–Kier alpha value is -1.75. The van der Waals surface area contributed by atoms with Gasteiger partial charge in [0.2, 0.25) is 0 Å². The molecule has 0 saturated heterocycles. The average molecular weight is 198 g/mol. The molecule has 0 radical (unpaired) electrons. The van der Waals surface area contributed by atoms with E-state index in [-0.39, 0.29) is 5.41 Å². The van der Waals surface area contributed by atoms with Crippen LogP contribution in [-0.4, -0.2) is 7.05 Å². The van der Waals surface area contributed by atoms with Crippen LogP contribution in [0.5, 0.6) is 0 Å². The summed E-state index contributed by atoms with van der Waals surface area (Å²) in [6.45, 7) is 8.38. The van der Waals surface area contributed by atoms with Crippen molar-refractivity contribution in [1.82, 2.24) is 0 Å². The highest BCUT2D eigenvalue weighted by atomic mass is 15.1. The molecule has 0 fully saturated rings. The Kier molecular flexibility index (Phi) is 1.87. The zero-order chi connectivity index (χ0) is 11.2. The van der Waals surface area contributed by atoms with Crippen molar-refractivity contribution in [3.05, 3.63) is 41.6 Å². The lowest BCUT2D eigenvalue weighted by Crippen LogP contribution is -2.21. The van der Waals surface area contributed by atoms with E-state index in [2.05, 4.69) is 31.4 Å². The van der Waals surface area contributed by atoms with E-state index in [0.717, 1.165) is 11.4 Å². The molecule has 0 saturated carbocycles. The van der Waals surface area contributed by atoms with Gasteiger partial charge in [0.25, 0.3) is 0 Å². The molecular formula is C13H14N2. The molecule has 0 aliphatic carbocycles. The Morgan fingerprint density at radius 1 is 1.40 bits per heavy atom. The highest BCUT2D eigenvalue weighted by Gasteiger charge is 2.37. The molecule has 0 atom stereocenters. The van der Waals surface area contributed by atoms with Crippen LogP contribution in [0.2, 0.25) is 0 Å². The molecule has 15 heavy (non-hydrogen) atoms. The number of benzene rings is 1. The first kappa shape index (κ1) is 9.79. The van der Waals surface area contributed by atoms with E-state index in [1.807, 2.05) is 25.2 Å². The van der Waals surface area contributed by atoms with Crippen molar-refractivity contribution in [3.63, 3.8) is 0 Å². The second kappa shape index (κ2) is 2.87.